The van der Waals surface area contributed by atoms with Crippen molar-refractivity contribution < 1.29 is 32.3 Å². The lowest BCUT2D eigenvalue weighted by molar-refractivity contribution is -0.137. The molecule has 0 bridgehead atoms. The van der Waals surface area contributed by atoms with Crippen LogP contribution in [0.25, 0.3) is 0 Å². The molecule has 176 valence electrons. The van der Waals surface area contributed by atoms with Gasteiger partial charge in [-0.1, -0.05) is 6.07 Å². The predicted octanol–water partition coefficient (Wildman–Crippen LogP) is 3.46. The molecule has 0 radical (unpaired) electrons. The van der Waals surface area contributed by atoms with E-state index in [1.54, 1.807) is 29.2 Å². The summed E-state index contributed by atoms with van der Waals surface area (Å²) in [5.41, 5.74) is -0.379. The highest BCUT2D eigenvalue weighted by atomic mass is 19.4. The van der Waals surface area contributed by atoms with Crippen LogP contribution in [0.3, 0.4) is 0 Å². The number of hydrogen-bond acceptors (Lipinski definition) is 4. The number of likely N-dealkylation sites (tertiary alicyclic amines) is 1. The van der Waals surface area contributed by atoms with Gasteiger partial charge in [0.25, 0.3) is 11.8 Å². The highest BCUT2D eigenvalue weighted by Gasteiger charge is 2.30. The highest BCUT2D eigenvalue weighted by molar-refractivity contribution is 5.94. The third kappa shape index (κ3) is 6.96. The van der Waals surface area contributed by atoms with Crippen molar-refractivity contribution in [1.29, 1.82) is 0 Å². The Morgan fingerprint density at radius 3 is 2.33 bits per heavy atom. The first kappa shape index (κ1) is 24.1. The molecule has 0 aromatic heterocycles. The first-order valence-corrected chi connectivity index (χ1v) is 10.4. The molecule has 0 spiro atoms. The molecule has 3 amide bonds. The zero-order valence-electron chi connectivity index (χ0n) is 17.9. The van der Waals surface area contributed by atoms with Crippen molar-refractivity contribution >= 4 is 23.4 Å². The van der Waals surface area contributed by atoms with Crippen LogP contribution < -0.4 is 15.4 Å². The van der Waals surface area contributed by atoms with E-state index >= 15 is 0 Å². The van der Waals surface area contributed by atoms with Crippen LogP contribution in [0.2, 0.25) is 0 Å². The van der Waals surface area contributed by atoms with Gasteiger partial charge in [0.1, 0.15) is 5.75 Å². The van der Waals surface area contributed by atoms with Gasteiger partial charge < -0.3 is 20.3 Å². The van der Waals surface area contributed by atoms with Crippen molar-refractivity contribution in [3.8, 4) is 5.75 Å². The largest absolute Gasteiger partial charge is 0.484 e. The van der Waals surface area contributed by atoms with Gasteiger partial charge in [-0.2, -0.15) is 13.2 Å². The minimum Gasteiger partial charge on any atom is -0.484 e. The molecule has 0 saturated carbocycles. The first-order valence-electron chi connectivity index (χ1n) is 10.4. The summed E-state index contributed by atoms with van der Waals surface area (Å²) in [6, 6.07) is 10.7. The number of carbonyl (C=O) groups excluding carboxylic acids is 3. The van der Waals surface area contributed by atoms with Gasteiger partial charge in [0.15, 0.2) is 6.61 Å². The van der Waals surface area contributed by atoms with Gasteiger partial charge in [-0.3, -0.25) is 14.4 Å². The summed E-state index contributed by atoms with van der Waals surface area (Å²) in [4.78, 5) is 37.5. The summed E-state index contributed by atoms with van der Waals surface area (Å²) in [7, 11) is 0. The number of carbonyl (C=O) groups is 3. The molecule has 2 aromatic carbocycles. The number of benzene rings is 2. The maximum absolute atomic E-state index is 12.8. The normalized spacial score (nSPS) is 14.5. The monoisotopic (exact) mass is 463 g/mol. The minimum absolute atomic E-state index is 0.0154. The van der Waals surface area contributed by atoms with Gasteiger partial charge in [-0.05, 0) is 55.3 Å². The van der Waals surface area contributed by atoms with Crippen molar-refractivity contribution in [1.82, 2.24) is 10.2 Å². The van der Waals surface area contributed by atoms with Crippen LogP contribution in [0, 0.1) is 0 Å². The lowest BCUT2D eigenvalue weighted by Gasteiger charge is -2.32. The third-order valence-corrected chi connectivity index (χ3v) is 5.13. The number of nitrogens with zero attached hydrogens (tertiary/aromatic N) is 1. The minimum atomic E-state index is -4.50. The number of ether oxygens (including phenoxy) is 1. The second-order valence-electron chi connectivity index (χ2n) is 7.71. The Kier molecular flexibility index (Phi) is 7.57. The molecular formula is C23H24F3N3O4. The second kappa shape index (κ2) is 10.4. The fourth-order valence-corrected chi connectivity index (χ4v) is 3.51. The molecule has 1 aliphatic heterocycles. The lowest BCUT2D eigenvalue weighted by atomic mass is 10.0. The second-order valence-corrected chi connectivity index (χ2v) is 7.71. The van der Waals surface area contributed by atoms with Crippen LogP contribution in [0.1, 0.15) is 35.7 Å². The maximum atomic E-state index is 12.8. The number of amides is 3. The van der Waals surface area contributed by atoms with Gasteiger partial charge in [-0.25, -0.2) is 0 Å². The first-order chi connectivity index (χ1) is 15.6. The topological polar surface area (TPSA) is 87.7 Å². The van der Waals surface area contributed by atoms with E-state index in [9.17, 15) is 27.6 Å². The summed E-state index contributed by atoms with van der Waals surface area (Å²) < 4.78 is 43.7. The molecule has 3 rings (SSSR count). The van der Waals surface area contributed by atoms with Gasteiger partial charge in [0, 0.05) is 37.3 Å². The van der Waals surface area contributed by atoms with Crippen molar-refractivity contribution in [2.24, 2.45) is 0 Å². The van der Waals surface area contributed by atoms with Crippen molar-refractivity contribution in [3.05, 3.63) is 59.7 Å². The van der Waals surface area contributed by atoms with Crippen LogP contribution in [-0.4, -0.2) is 48.4 Å². The van der Waals surface area contributed by atoms with Crippen LogP contribution >= 0.6 is 0 Å². The molecule has 0 atom stereocenters. The van der Waals surface area contributed by atoms with Crippen molar-refractivity contribution in [2.75, 3.05) is 25.0 Å². The summed E-state index contributed by atoms with van der Waals surface area (Å²) in [6.07, 6.45) is -3.13. The van der Waals surface area contributed by atoms with Crippen molar-refractivity contribution in [2.45, 2.75) is 32.0 Å². The number of alkyl halides is 3. The SMILES string of the molecule is CC(=O)NC1CCN(C(=O)c2ccc(OCC(=O)Nc3cccc(C(F)(F)F)c3)cc2)CC1. The molecule has 2 aromatic rings. The average Bonchev–Trinajstić information content (AvgIpc) is 2.77. The van der Waals surface area contributed by atoms with Gasteiger partial charge >= 0.3 is 6.18 Å². The smallest absolute Gasteiger partial charge is 0.416 e. The standard InChI is InChI=1S/C23H24F3N3O4/c1-15(30)27-18-9-11-29(12-10-18)22(32)16-5-7-20(8-6-16)33-14-21(31)28-19-4-2-3-17(13-19)23(24,25)26/h2-8,13,18H,9-12,14H2,1H3,(H,27,30)(H,28,31). The Bertz CT molecular complexity index is 1000. The quantitative estimate of drug-likeness (QED) is 0.687. The number of piperidine rings is 1. The predicted molar refractivity (Wildman–Crippen MR) is 115 cm³/mol. The summed E-state index contributed by atoms with van der Waals surface area (Å²) in [5.74, 6) is -0.490. The van der Waals surface area contributed by atoms with Crippen LogP contribution in [-0.2, 0) is 15.8 Å². The van der Waals surface area contributed by atoms with E-state index in [0.717, 1.165) is 12.1 Å². The molecule has 1 heterocycles. The van der Waals surface area contributed by atoms with E-state index in [0.29, 0.717) is 37.2 Å². The van der Waals surface area contributed by atoms with Gasteiger partial charge in [-0.15, -0.1) is 0 Å². The number of anilines is 1. The number of rotatable bonds is 6. The Labute approximate surface area is 188 Å². The van der Waals surface area contributed by atoms with Crippen molar-refractivity contribution in [3.63, 3.8) is 0 Å². The molecule has 33 heavy (non-hydrogen) atoms. The fraction of sp³-hybridized carbons (Fsp3) is 0.348. The molecule has 0 aliphatic carbocycles. The zero-order chi connectivity index (χ0) is 24.0. The Balaban J connectivity index is 1.48. The number of nitrogens with one attached hydrogen (secondary N) is 2. The van der Waals surface area contributed by atoms with E-state index in [4.69, 9.17) is 4.74 Å². The fourth-order valence-electron chi connectivity index (χ4n) is 3.51. The van der Waals surface area contributed by atoms with Crippen LogP contribution in [0.15, 0.2) is 48.5 Å². The third-order valence-electron chi connectivity index (χ3n) is 5.13. The highest BCUT2D eigenvalue weighted by Crippen LogP contribution is 2.30. The summed E-state index contributed by atoms with van der Waals surface area (Å²) in [6.45, 7) is 2.14. The molecule has 1 fully saturated rings. The number of halogens is 3. The molecule has 7 nitrogen and oxygen atoms in total. The number of hydrogen-bond donors (Lipinski definition) is 2. The Hall–Kier alpha value is -3.56. The van der Waals surface area contributed by atoms with E-state index in [-0.39, 0.29) is 23.5 Å². The Morgan fingerprint density at radius 1 is 1.06 bits per heavy atom. The molecule has 10 heteroatoms. The molecule has 1 aliphatic rings. The average molecular weight is 463 g/mol. The van der Waals surface area contributed by atoms with E-state index in [1.165, 1.54) is 19.1 Å². The van der Waals surface area contributed by atoms with Gasteiger partial charge in [0.05, 0.1) is 5.56 Å². The van der Waals surface area contributed by atoms with E-state index in [1.807, 2.05) is 0 Å². The molecule has 0 unspecified atom stereocenters. The zero-order valence-corrected chi connectivity index (χ0v) is 17.9. The summed E-state index contributed by atoms with van der Waals surface area (Å²) >= 11 is 0. The summed E-state index contributed by atoms with van der Waals surface area (Å²) in [5, 5.41) is 5.22. The molecule has 2 N–H and O–H groups in total. The van der Waals surface area contributed by atoms with Gasteiger partial charge in [0.2, 0.25) is 5.91 Å². The van der Waals surface area contributed by atoms with E-state index < -0.39 is 24.3 Å². The van der Waals surface area contributed by atoms with Crippen LogP contribution in [0.5, 0.6) is 5.75 Å². The maximum Gasteiger partial charge on any atom is 0.416 e. The molecular weight excluding hydrogens is 439 g/mol. The Morgan fingerprint density at radius 2 is 1.73 bits per heavy atom. The lowest BCUT2D eigenvalue weighted by Crippen LogP contribution is -2.46. The van der Waals surface area contributed by atoms with Crippen LogP contribution in [0.4, 0.5) is 18.9 Å². The van der Waals surface area contributed by atoms with E-state index in [2.05, 4.69) is 10.6 Å². The molecule has 1 saturated heterocycles.